The van der Waals surface area contributed by atoms with Crippen LogP contribution in [0.4, 0.5) is 0 Å². The van der Waals surface area contributed by atoms with Crippen LogP contribution >= 0.6 is 0 Å². The fourth-order valence-corrected chi connectivity index (χ4v) is 6.85. The van der Waals surface area contributed by atoms with Gasteiger partial charge < -0.3 is 5.11 Å². The van der Waals surface area contributed by atoms with Crippen LogP contribution in [-0.2, 0) is 9.59 Å². The third-order valence-electron chi connectivity index (χ3n) is 8.19. The van der Waals surface area contributed by atoms with Crippen LogP contribution in [0.15, 0.2) is 11.6 Å². The monoisotopic (exact) mass is 329 g/mol. The van der Waals surface area contributed by atoms with Gasteiger partial charge in [-0.25, -0.2) is 0 Å². The quantitative estimate of drug-likeness (QED) is 0.843. The number of hydrogen-bond acceptors (Lipinski definition) is 3. The van der Waals surface area contributed by atoms with E-state index in [9.17, 15) is 14.7 Å². The lowest BCUT2D eigenvalue weighted by atomic mass is 9.46. The van der Waals surface area contributed by atoms with E-state index in [0.717, 1.165) is 38.5 Å². The normalized spacial score (nSPS) is 47.5. The first-order valence-corrected chi connectivity index (χ1v) is 9.61. The van der Waals surface area contributed by atoms with Crippen molar-refractivity contribution >= 4 is 11.6 Å². The summed E-state index contributed by atoms with van der Waals surface area (Å²) in [5, 5.41) is 9.35. The van der Waals surface area contributed by atoms with Gasteiger partial charge in [0.15, 0.2) is 11.6 Å². The van der Waals surface area contributed by atoms with Gasteiger partial charge in [-0.1, -0.05) is 19.4 Å². The van der Waals surface area contributed by atoms with Crippen molar-refractivity contribution in [2.24, 2.45) is 34.5 Å². The fourth-order valence-electron chi connectivity index (χ4n) is 6.85. The van der Waals surface area contributed by atoms with Crippen molar-refractivity contribution in [2.45, 2.75) is 58.8 Å². The maximum Gasteiger partial charge on any atom is 0.161 e. The predicted octanol–water partition coefficient (Wildman–Crippen LogP) is 3.51. The summed E-state index contributed by atoms with van der Waals surface area (Å²) >= 11 is 0. The van der Waals surface area contributed by atoms with E-state index >= 15 is 0 Å². The molecule has 0 aromatic rings. The van der Waals surface area contributed by atoms with Gasteiger partial charge >= 0.3 is 0 Å². The van der Waals surface area contributed by atoms with E-state index in [2.05, 4.69) is 20.3 Å². The Kier molecular flexibility index (Phi) is 3.80. The SMILES string of the molecule is C[C@]12C[CH][C@H]3[C@@H](CCC4=CC(=O)CC[C@@]43C)[C@@H]1CC[C@@H]2C(=O)CO. The molecular weight excluding hydrogens is 300 g/mol. The molecule has 0 saturated heterocycles. The number of allylic oxidation sites excluding steroid dienone is 1. The highest BCUT2D eigenvalue weighted by Crippen LogP contribution is 2.66. The number of fused-ring (bicyclic) bond motifs is 5. The van der Waals surface area contributed by atoms with Crippen molar-refractivity contribution in [2.75, 3.05) is 6.61 Å². The Morgan fingerprint density at radius 3 is 2.79 bits per heavy atom. The molecule has 0 aromatic carbocycles. The molecule has 4 rings (SSSR count). The molecule has 131 valence electrons. The summed E-state index contributed by atoms with van der Waals surface area (Å²) in [6.07, 6.45) is 11.3. The zero-order chi connectivity index (χ0) is 17.1. The zero-order valence-electron chi connectivity index (χ0n) is 14.9. The van der Waals surface area contributed by atoms with E-state index in [1.54, 1.807) is 0 Å². The lowest BCUT2D eigenvalue weighted by Crippen LogP contribution is -2.51. The van der Waals surface area contributed by atoms with Crippen LogP contribution in [-0.4, -0.2) is 23.3 Å². The van der Waals surface area contributed by atoms with Gasteiger partial charge in [0, 0.05) is 12.3 Å². The highest BCUT2D eigenvalue weighted by atomic mass is 16.3. The number of hydrogen-bond donors (Lipinski definition) is 1. The van der Waals surface area contributed by atoms with Crippen molar-refractivity contribution in [3.8, 4) is 0 Å². The zero-order valence-corrected chi connectivity index (χ0v) is 14.9. The number of carbonyl (C=O) groups is 2. The first kappa shape index (κ1) is 16.5. The van der Waals surface area contributed by atoms with Gasteiger partial charge in [-0.15, -0.1) is 0 Å². The van der Waals surface area contributed by atoms with Crippen LogP contribution < -0.4 is 0 Å². The highest BCUT2D eigenvalue weighted by Gasteiger charge is 2.60. The van der Waals surface area contributed by atoms with Gasteiger partial charge in [-0.2, -0.15) is 0 Å². The number of rotatable bonds is 2. The average Bonchev–Trinajstić information content (AvgIpc) is 2.92. The summed E-state index contributed by atoms with van der Waals surface area (Å²) < 4.78 is 0. The molecule has 3 saturated carbocycles. The minimum atomic E-state index is -0.312. The second kappa shape index (κ2) is 5.52. The van der Waals surface area contributed by atoms with E-state index in [0.29, 0.717) is 30.0 Å². The lowest BCUT2D eigenvalue weighted by Gasteiger charge is -2.57. The molecule has 3 heteroatoms. The van der Waals surface area contributed by atoms with E-state index in [1.165, 1.54) is 5.57 Å². The van der Waals surface area contributed by atoms with Crippen molar-refractivity contribution in [1.82, 2.24) is 0 Å². The molecule has 6 atom stereocenters. The van der Waals surface area contributed by atoms with Crippen molar-refractivity contribution in [3.05, 3.63) is 18.1 Å². The summed E-state index contributed by atoms with van der Waals surface area (Å²) in [4.78, 5) is 24.1. The lowest BCUT2D eigenvalue weighted by molar-refractivity contribution is -0.131. The van der Waals surface area contributed by atoms with Crippen LogP contribution in [0.2, 0.25) is 0 Å². The largest absolute Gasteiger partial charge is 0.389 e. The van der Waals surface area contributed by atoms with Crippen LogP contribution in [0, 0.1) is 40.9 Å². The maximum atomic E-state index is 12.3. The Bertz CT molecular complexity index is 606. The summed E-state index contributed by atoms with van der Waals surface area (Å²) in [6.45, 7) is 4.34. The van der Waals surface area contributed by atoms with E-state index in [-0.39, 0.29) is 29.1 Å². The van der Waals surface area contributed by atoms with Crippen molar-refractivity contribution in [3.63, 3.8) is 0 Å². The second-order valence-corrected chi connectivity index (χ2v) is 9.09. The third kappa shape index (κ3) is 2.13. The molecule has 3 nitrogen and oxygen atoms in total. The first-order valence-electron chi connectivity index (χ1n) is 9.61. The summed E-state index contributed by atoms with van der Waals surface area (Å²) in [5.41, 5.74) is 1.56. The van der Waals surface area contributed by atoms with E-state index < -0.39 is 0 Å². The molecule has 0 unspecified atom stereocenters. The summed E-state index contributed by atoms with van der Waals surface area (Å²) in [6, 6.07) is 0. The first-order chi connectivity index (χ1) is 11.4. The molecule has 0 heterocycles. The number of aliphatic hydroxyl groups excluding tert-OH is 1. The molecule has 0 amide bonds. The molecule has 24 heavy (non-hydrogen) atoms. The van der Waals surface area contributed by atoms with Crippen LogP contribution in [0.3, 0.4) is 0 Å². The van der Waals surface area contributed by atoms with Crippen molar-refractivity contribution in [1.29, 1.82) is 0 Å². The molecule has 1 N–H and O–H groups in total. The van der Waals surface area contributed by atoms with Crippen LogP contribution in [0.25, 0.3) is 0 Å². The molecule has 1 radical (unpaired) electrons. The molecule has 0 bridgehead atoms. The number of carbonyl (C=O) groups excluding carboxylic acids is 2. The van der Waals surface area contributed by atoms with Gasteiger partial charge in [0.25, 0.3) is 0 Å². The van der Waals surface area contributed by atoms with E-state index in [1.807, 2.05) is 6.08 Å². The number of Topliss-reactive ketones (excluding diaryl/α,β-unsaturated/α-hetero) is 1. The van der Waals surface area contributed by atoms with Gasteiger partial charge in [-0.05, 0) is 79.6 Å². The molecule has 3 fully saturated rings. The Morgan fingerprint density at radius 2 is 2.04 bits per heavy atom. The minimum Gasteiger partial charge on any atom is -0.389 e. The number of ketones is 2. The smallest absolute Gasteiger partial charge is 0.161 e. The molecule has 0 spiro atoms. The Morgan fingerprint density at radius 1 is 1.25 bits per heavy atom. The summed E-state index contributed by atoms with van der Waals surface area (Å²) in [7, 11) is 0. The van der Waals surface area contributed by atoms with E-state index in [4.69, 9.17) is 0 Å². The molecule has 4 aliphatic rings. The van der Waals surface area contributed by atoms with Crippen LogP contribution in [0.1, 0.15) is 58.8 Å². The minimum absolute atomic E-state index is 0.0300. The molecule has 4 aliphatic carbocycles. The van der Waals surface area contributed by atoms with Crippen molar-refractivity contribution < 1.29 is 14.7 Å². The van der Waals surface area contributed by atoms with Crippen LogP contribution in [0.5, 0.6) is 0 Å². The van der Waals surface area contributed by atoms with Gasteiger partial charge in [0.1, 0.15) is 6.61 Å². The standard InChI is InChI=1S/C21H29O3/c1-20-9-7-14(23)11-13(20)3-4-15-16-5-6-18(19(24)12-22)21(16,2)10-8-17(15)20/h8,11,15-18,22H,3-7,9-10,12H2,1-2H3/t15-,16-,17-,18+,20-,21-/m0/s1. The molecule has 0 aliphatic heterocycles. The Balaban J connectivity index is 1.65. The van der Waals surface area contributed by atoms with Gasteiger partial charge in [0.05, 0.1) is 0 Å². The predicted molar refractivity (Wildman–Crippen MR) is 92.0 cm³/mol. The average molecular weight is 329 g/mol. The topological polar surface area (TPSA) is 54.4 Å². The van der Waals surface area contributed by atoms with Gasteiger partial charge in [0.2, 0.25) is 0 Å². The Hall–Kier alpha value is -0.960. The molecular formula is C21H29O3. The maximum absolute atomic E-state index is 12.3. The summed E-state index contributed by atoms with van der Waals surface area (Å²) in [5.74, 6) is 2.14. The fraction of sp³-hybridized carbons (Fsp3) is 0.762. The highest BCUT2D eigenvalue weighted by molar-refractivity contribution is 5.91. The molecule has 0 aromatic heterocycles. The third-order valence-corrected chi connectivity index (χ3v) is 8.19. The number of aliphatic hydroxyl groups is 1. The Labute approximate surface area is 144 Å². The van der Waals surface area contributed by atoms with Gasteiger partial charge in [-0.3, -0.25) is 9.59 Å². The second-order valence-electron chi connectivity index (χ2n) is 9.09.